The Kier molecular flexibility index (Phi) is 8.22. The van der Waals surface area contributed by atoms with Gasteiger partial charge in [-0.05, 0) is 13.0 Å². The van der Waals surface area contributed by atoms with Crippen molar-refractivity contribution >= 4 is 40.4 Å². The van der Waals surface area contributed by atoms with Crippen molar-refractivity contribution in [3.05, 3.63) is 22.6 Å². The summed E-state index contributed by atoms with van der Waals surface area (Å²) in [6.45, 7) is -0.285. The molecule has 18 nitrogen and oxygen atoms in total. The summed E-state index contributed by atoms with van der Waals surface area (Å²) in [5.74, 6) is 3.68. The minimum atomic E-state index is -5.84. The summed E-state index contributed by atoms with van der Waals surface area (Å²) < 4.78 is 65.8. The van der Waals surface area contributed by atoms with Crippen molar-refractivity contribution < 1.29 is 65.8 Å². The number of phosphoric ester groups is 1. The van der Waals surface area contributed by atoms with E-state index in [4.69, 9.17) is 20.3 Å². The molecule has 3 unspecified atom stereocenters. The molecule has 1 aliphatic rings. The lowest BCUT2D eigenvalue weighted by atomic mass is 9.92. The van der Waals surface area contributed by atoms with Crippen molar-refractivity contribution in [2.24, 2.45) is 0 Å². The SMILES string of the molecule is C[C@@H](OP(=O)(O)OP(=O)(O)OP(=O)(O)O)[C@H]1O[C@@H](n2ccc3c(=O)[nH]c(N)nc32)C(O)(C#CCF)[C@H]1O. The number of aromatic amines is 1. The first-order valence-corrected chi connectivity index (χ1v) is 14.2. The number of hydrogen-bond donors (Lipinski definition) is 8. The average molecular weight is 592 g/mol. The van der Waals surface area contributed by atoms with Crippen LogP contribution in [0.5, 0.6) is 0 Å². The molecule has 3 rings (SSSR count). The molecule has 22 heteroatoms. The molecule has 206 valence electrons. The first-order valence-electron chi connectivity index (χ1n) is 9.69. The number of nitrogens with one attached hydrogen (secondary N) is 1. The second-order valence-electron chi connectivity index (χ2n) is 7.47. The molecule has 37 heavy (non-hydrogen) atoms. The smallest absolute Gasteiger partial charge is 0.386 e. The molecule has 2 aromatic rings. The number of rotatable bonds is 8. The summed E-state index contributed by atoms with van der Waals surface area (Å²) in [4.78, 5) is 54.6. The van der Waals surface area contributed by atoms with Gasteiger partial charge in [-0.2, -0.15) is 13.6 Å². The van der Waals surface area contributed by atoms with Crippen LogP contribution in [0.25, 0.3) is 11.0 Å². The predicted octanol–water partition coefficient (Wildman–Crippen LogP) is -0.999. The standard InChI is InChI=1S/C15H20FN4O14P3/c1-7(32-36(27,28)34-37(29,30)33-35(24,25)26)9-10(21)15(23,4-2-5-16)13(31-9)20-6-3-8-11(20)18-14(17)19-12(8)22/h3,6-7,9-10,13,21,23H,5H2,1H3,(H,27,28)(H,29,30)(H2,24,25,26)(H3,17,18,19,22)/t7-,9-,10+,13-,15?/m1/s1. The second-order valence-corrected chi connectivity index (χ2v) is 11.8. The molecule has 1 fully saturated rings. The Morgan fingerprint density at radius 2 is 1.95 bits per heavy atom. The fourth-order valence-electron chi connectivity index (χ4n) is 3.50. The van der Waals surface area contributed by atoms with Crippen molar-refractivity contribution in [3.8, 4) is 11.8 Å². The third-order valence-corrected chi connectivity index (χ3v) is 8.74. The lowest BCUT2D eigenvalue weighted by molar-refractivity contribution is -0.0829. The van der Waals surface area contributed by atoms with E-state index in [0.29, 0.717) is 0 Å². The maximum absolute atomic E-state index is 12.8. The molecule has 2 aromatic heterocycles. The summed E-state index contributed by atoms with van der Waals surface area (Å²) in [5, 5.41) is 21.9. The molecule has 3 heterocycles. The zero-order valence-electron chi connectivity index (χ0n) is 18.3. The number of aliphatic hydroxyl groups excluding tert-OH is 1. The number of aliphatic hydroxyl groups is 2. The van der Waals surface area contributed by atoms with Crippen LogP contribution < -0.4 is 11.3 Å². The van der Waals surface area contributed by atoms with Crippen molar-refractivity contribution in [3.63, 3.8) is 0 Å². The van der Waals surface area contributed by atoms with Crippen LogP contribution in [0.3, 0.4) is 0 Å². The van der Waals surface area contributed by atoms with E-state index in [0.717, 1.165) is 11.5 Å². The highest BCUT2D eigenvalue weighted by molar-refractivity contribution is 7.66. The first-order chi connectivity index (χ1) is 16.9. The quantitative estimate of drug-likeness (QED) is 0.135. The number of alkyl halides is 1. The lowest BCUT2D eigenvalue weighted by Gasteiger charge is -2.27. The topological polar surface area (TPSA) is 286 Å². The number of ether oxygens (including phenoxy) is 1. The number of fused-ring (bicyclic) bond motifs is 1. The third kappa shape index (κ3) is 6.53. The molecule has 0 spiro atoms. The Morgan fingerprint density at radius 1 is 1.30 bits per heavy atom. The van der Waals surface area contributed by atoms with Gasteiger partial charge in [0.05, 0.1) is 11.5 Å². The summed E-state index contributed by atoms with van der Waals surface area (Å²) >= 11 is 0. The summed E-state index contributed by atoms with van der Waals surface area (Å²) in [7, 11) is -17.1. The number of aromatic nitrogens is 3. The van der Waals surface area contributed by atoms with E-state index in [-0.39, 0.29) is 17.0 Å². The van der Waals surface area contributed by atoms with Crippen LogP contribution in [0.2, 0.25) is 0 Å². The number of nitrogens with zero attached hydrogens (tertiary/aromatic N) is 2. The van der Waals surface area contributed by atoms with E-state index in [9.17, 15) is 42.9 Å². The van der Waals surface area contributed by atoms with Crippen LogP contribution in [-0.4, -0.2) is 74.9 Å². The molecule has 0 amide bonds. The van der Waals surface area contributed by atoms with E-state index in [1.807, 2.05) is 5.92 Å². The molecular formula is C15H20FN4O14P3. The number of halogens is 1. The minimum Gasteiger partial charge on any atom is -0.386 e. The normalized spacial score (nSPS) is 28.3. The number of anilines is 1. The fraction of sp³-hybridized carbons (Fsp3) is 0.467. The van der Waals surface area contributed by atoms with Gasteiger partial charge in [-0.3, -0.25) is 14.3 Å². The van der Waals surface area contributed by atoms with Gasteiger partial charge in [0.1, 0.15) is 18.9 Å². The third-order valence-electron chi connectivity index (χ3n) is 4.81. The van der Waals surface area contributed by atoms with E-state index in [2.05, 4.69) is 29.0 Å². The van der Waals surface area contributed by atoms with E-state index in [1.165, 1.54) is 12.3 Å². The van der Waals surface area contributed by atoms with Crippen LogP contribution >= 0.6 is 23.5 Å². The maximum atomic E-state index is 12.8. The molecule has 0 aliphatic carbocycles. The molecule has 0 saturated carbocycles. The van der Waals surface area contributed by atoms with Crippen LogP contribution in [0.1, 0.15) is 13.2 Å². The molecule has 0 bridgehead atoms. The zero-order chi connectivity index (χ0) is 28.0. The molecule has 0 aromatic carbocycles. The van der Waals surface area contributed by atoms with Crippen molar-refractivity contribution in [1.29, 1.82) is 0 Å². The molecule has 7 atom stereocenters. The van der Waals surface area contributed by atoms with Gasteiger partial charge >= 0.3 is 23.5 Å². The van der Waals surface area contributed by atoms with Gasteiger partial charge in [-0.15, -0.1) is 0 Å². The molecule has 1 aliphatic heterocycles. The van der Waals surface area contributed by atoms with Crippen LogP contribution in [0.4, 0.5) is 10.3 Å². The fourth-order valence-corrected chi connectivity index (χ4v) is 6.70. The van der Waals surface area contributed by atoms with Gasteiger partial charge in [0.25, 0.3) is 5.56 Å². The minimum absolute atomic E-state index is 0.0298. The van der Waals surface area contributed by atoms with Gasteiger partial charge in [0.15, 0.2) is 17.5 Å². The summed E-state index contributed by atoms with van der Waals surface area (Å²) in [6, 6.07) is 1.25. The highest BCUT2D eigenvalue weighted by Crippen LogP contribution is 2.66. The van der Waals surface area contributed by atoms with Gasteiger partial charge in [-0.1, -0.05) is 11.8 Å². The largest absolute Gasteiger partial charge is 0.490 e. The Hall–Kier alpha value is -2.00. The predicted molar refractivity (Wildman–Crippen MR) is 118 cm³/mol. The monoisotopic (exact) mass is 592 g/mol. The number of hydrogen-bond acceptors (Lipinski definition) is 12. The van der Waals surface area contributed by atoms with E-state index < -0.39 is 65.8 Å². The molecular weight excluding hydrogens is 572 g/mol. The van der Waals surface area contributed by atoms with Crippen molar-refractivity contribution in [2.45, 2.75) is 37.1 Å². The van der Waals surface area contributed by atoms with Gasteiger partial charge < -0.3 is 44.8 Å². The Balaban J connectivity index is 1.95. The summed E-state index contributed by atoms with van der Waals surface area (Å²) in [6.07, 6.45) is -6.24. The Labute approximate surface area is 205 Å². The van der Waals surface area contributed by atoms with Crippen LogP contribution in [0.15, 0.2) is 17.1 Å². The number of nitrogens with two attached hydrogens (primary N) is 1. The van der Waals surface area contributed by atoms with Crippen LogP contribution in [-0.2, 0) is 31.6 Å². The average Bonchev–Trinajstić information content (AvgIpc) is 3.23. The second kappa shape index (κ2) is 10.3. The number of nitrogen functional groups attached to an aromatic ring is 1. The maximum Gasteiger partial charge on any atom is 0.490 e. The molecule has 9 N–H and O–H groups in total. The first kappa shape index (κ1) is 29.6. The van der Waals surface area contributed by atoms with Gasteiger partial charge in [0.2, 0.25) is 5.95 Å². The van der Waals surface area contributed by atoms with Crippen molar-refractivity contribution in [1.82, 2.24) is 14.5 Å². The Bertz CT molecular complexity index is 1450. The van der Waals surface area contributed by atoms with Gasteiger partial charge in [0, 0.05) is 6.20 Å². The summed E-state index contributed by atoms with van der Waals surface area (Å²) in [5.41, 5.74) is 2.09. The highest BCUT2D eigenvalue weighted by Gasteiger charge is 2.58. The van der Waals surface area contributed by atoms with Crippen molar-refractivity contribution in [2.75, 3.05) is 12.4 Å². The van der Waals surface area contributed by atoms with Crippen LogP contribution in [0, 0.1) is 11.8 Å². The van der Waals surface area contributed by atoms with Gasteiger partial charge in [-0.25, -0.2) is 18.1 Å². The van der Waals surface area contributed by atoms with E-state index in [1.54, 1.807) is 0 Å². The van der Waals surface area contributed by atoms with E-state index >= 15 is 0 Å². The highest BCUT2D eigenvalue weighted by atomic mass is 31.3. The lowest BCUT2D eigenvalue weighted by Crippen LogP contribution is -2.47. The molecule has 1 saturated heterocycles. The molecule has 0 radical (unpaired) electrons. The number of H-pyrrole nitrogens is 1. The zero-order valence-corrected chi connectivity index (χ0v) is 21.0. The Morgan fingerprint density at radius 3 is 2.54 bits per heavy atom. The number of phosphoric acid groups is 3.